The predicted molar refractivity (Wildman–Crippen MR) is 74.3 cm³/mol. The fourth-order valence-corrected chi connectivity index (χ4v) is 3.50. The minimum atomic E-state index is -0.737. The molecule has 0 aromatic rings. The lowest BCUT2D eigenvalue weighted by atomic mass is 9.77. The van der Waals surface area contributed by atoms with Gasteiger partial charge in [0.2, 0.25) is 11.8 Å². The van der Waals surface area contributed by atoms with Crippen LogP contribution in [-0.4, -0.2) is 29.3 Å². The molecule has 0 aromatic heterocycles. The maximum atomic E-state index is 12.5. The first-order valence-electron chi connectivity index (χ1n) is 7.51. The van der Waals surface area contributed by atoms with Crippen molar-refractivity contribution in [1.82, 2.24) is 4.90 Å². The molecule has 2 amide bonds. The van der Waals surface area contributed by atoms with Gasteiger partial charge in [0, 0.05) is 19.0 Å². The number of nitrogens with zero attached hydrogens (tertiary/aromatic N) is 1. The summed E-state index contributed by atoms with van der Waals surface area (Å²) in [6, 6.07) is 0.415. The molecule has 2 aliphatic rings. The van der Waals surface area contributed by atoms with Gasteiger partial charge < -0.3 is 10.6 Å². The summed E-state index contributed by atoms with van der Waals surface area (Å²) in [5.74, 6) is 0.404. The molecule has 2 atom stereocenters. The maximum Gasteiger partial charge on any atom is 0.223 e. The van der Waals surface area contributed by atoms with Gasteiger partial charge in [-0.05, 0) is 31.6 Å². The largest absolute Gasteiger partial charge is 0.369 e. The highest BCUT2D eigenvalue weighted by Crippen LogP contribution is 2.36. The van der Waals surface area contributed by atoms with E-state index < -0.39 is 11.3 Å². The molecule has 0 spiro atoms. The van der Waals surface area contributed by atoms with Crippen LogP contribution in [0.5, 0.6) is 0 Å². The molecule has 1 saturated heterocycles. The zero-order valence-electron chi connectivity index (χ0n) is 12.2. The Morgan fingerprint density at radius 3 is 2.47 bits per heavy atom. The summed E-state index contributed by atoms with van der Waals surface area (Å²) in [6.45, 7) is 4.37. The molecule has 0 bridgehead atoms. The Balaban J connectivity index is 2.03. The highest BCUT2D eigenvalue weighted by Gasteiger charge is 2.38. The Morgan fingerprint density at radius 1 is 1.16 bits per heavy atom. The summed E-state index contributed by atoms with van der Waals surface area (Å²) in [5.41, 5.74) is 4.63. The van der Waals surface area contributed by atoms with Gasteiger partial charge in [-0.25, -0.2) is 0 Å². The number of hydrogen-bond donors (Lipinski definition) is 1. The SMILES string of the molecule is CC(C)(CC(=O)N1CCCC2CCCCC21)C(N)=O. The molecule has 2 unspecified atom stereocenters. The average Bonchev–Trinajstić information content (AvgIpc) is 2.37. The summed E-state index contributed by atoms with van der Waals surface area (Å²) in [5, 5.41) is 0. The monoisotopic (exact) mass is 266 g/mol. The standard InChI is InChI=1S/C15H26N2O2/c1-15(2,14(16)19)10-13(18)17-9-5-7-11-6-3-4-8-12(11)17/h11-12H,3-10H2,1-2H3,(H2,16,19). The third-order valence-electron chi connectivity index (χ3n) is 4.82. The van der Waals surface area contributed by atoms with Crippen LogP contribution in [0.15, 0.2) is 0 Å². The Kier molecular flexibility index (Phi) is 4.16. The van der Waals surface area contributed by atoms with Gasteiger partial charge in [0.1, 0.15) is 0 Å². The molecule has 19 heavy (non-hydrogen) atoms. The summed E-state index contributed by atoms with van der Waals surface area (Å²) in [7, 11) is 0. The predicted octanol–water partition coefficient (Wildman–Crippen LogP) is 2.07. The summed E-state index contributed by atoms with van der Waals surface area (Å²) in [4.78, 5) is 25.9. The summed E-state index contributed by atoms with van der Waals surface area (Å²) >= 11 is 0. The lowest BCUT2D eigenvalue weighted by Gasteiger charge is -2.44. The molecule has 4 heteroatoms. The van der Waals surface area contributed by atoms with E-state index in [0.717, 1.165) is 19.4 Å². The molecular formula is C15H26N2O2. The van der Waals surface area contributed by atoms with Crippen molar-refractivity contribution in [3.05, 3.63) is 0 Å². The van der Waals surface area contributed by atoms with Gasteiger partial charge in [0.05, 0.1) is 5.41 Å². The zero-order chi connectivity index (χ0) is 14.0. The molecule has 4 nitrogen and oxygen atoms in total. The van der Waals surface area contributed by atoms with Crippen LogP contribution in [0.3, 0.4) is 0 Å². The van der Waals surface area contributed by atoms with Crippen LogP contribution in [-0.2, 0) is 9.59 Å². The van der Waals surface area contributed by atoms with Crippen LogP contribution in [0.2, 0.25) is 0 Å². The molecule has 0 radical (unpaired) electrons. The fraction of sp³-hybridized carbons (Fsp3) is 0.867. The second kappa shape index (κ2) is 5.51. The first-order chi connectivity index (χ1) is 8.92. The second-order valence-electron chi connectivity index (χ2n) is 6.77. The molecule has 0 aromatic carbocycles. The molecule has 1 saturated carbocycles. The van der Waals surface area contributed by atoms with Crippen molar-refractivity contribution in [3.63, 3.8) is 0 Å². The number of fused-ring (bicyclic) bond motifs is 1. The number of piperidine rings is 1. The first kappa shape index (κ1) is 14.4. The summed E-state index contributed by atoms with van der Waals surface area (Å²) in [6.07, 6.45) is 7.52. The molecule has 1 aliphatic heterocycles. The van der Waals surface area contributed by atoms with E-state index in [1.54, 1.807) is 13.8 Å². The van der Waals surface area contributed by atoms with Gasteiger partial charge in [0.15, 0.2) is 0 Å². The number of nitrogens with two attached hydrogens (primary N) is 1. The minimum absolute atomic E-state index is 0.111. The number of carbonyl (C=O) groups excluding carboxylic acids is 2. The molecule has 2 fully saturated rings. The van der Waals surface area contributed by atoms with Crippen LogP contribution in [0.25, 0.3) is 0 Å². The summed E-state index contributed by atoms with van der Waals surface area (Å²) < 4.78 is 0. The van der Waals surface area contributed by atoms with Crippen LogP contribution in [0, 0.1) is 11.3 Å². The second-order valence-corrected chi connectivity index (χ2v) is 6.77. The van der Waals surface area contributed by atoms with Crippen LogP contribution in [0.4, 0.5) is 0 Å². The van der Waals surface area contributed by atoms with Gasteiger partial charge in [-0.15, -0.1) is 0 Å². The molecule has 2 N–H and O–H groups in total. The number of primary amides is 1. The van der Waals surface area contributed by atoms with Gasteiger partial charge in [-0.2, -0.15) is 0 Å². The Labute approximate surface area is 115 Å². The topological polar surface area (TPSA) is 63.4 Å². The normalized spacial score (nSPS) is 27.8. The van der Waals surface area contributed by atoms with Crippen LogP contribution >= 0.6 is 0 Å². The van der Waals surface area contributed by atoms with Crippen molar-refractivity contribution < 1.29 is 9.59 Å². The highest BCUT2D eigenvalue weighted by molar-refractivity contribution is 5.87. The number of likely N-dealkylation sites (tertiary alicyclic amines) is 1. The van der Waals surface area contributed by atoms with E-state index >= 15 is 0 Å². The lowest BCUT2D eigenvalue weighted by Crippen LogP contribution is -2.51. The first-order valence-corrected chi connectivity index (χ1v) is 7.51. The van der Waals surface area contributed by atoms with E-state index in [1.807, 2.05) is 4.90 Å². The molecule has 108 valence electrons. The molecule has 1 aliphatic carbocycles. The number of rotatable bonds is 3. The zero-order valence-corrected chi connectivity index (χ0v) is 12.2. The van der Waals surface area contributed by atoms with E-state index in [-0.39, 0.29) is 12.3 Å². The fourth-order valence-electron chi connectivity index (χ4n) is 3.50. The Hall–Kier alpha value is -1.06. The van der Waals surface area contributed by atoms with E-state index in [4.69, 9.17) is 5.73 Å². The smallest absolute Gasteiger partial charge is 0.223 e. The minimum Gasteiger partial charge on any atom is -0.369 e. The molecule has 2 rings (SSSR count). The van der Waals surface area contributed by atoms with Gasteiger partial charge >= 0.3 is 0 Å². The van der Waals surface area contributed by atoms with Crippen molar-refractivity contribution in [2.24, 2.45) is 17.1 Å². The molecular weight excluding hydrogens is 240 g/mol. The van der Waals surface area contributed by atoms with E-state index in [1.165, 1.54) is 25.7 Å². The van der Waals surface area contributed by atoms with Crippen molar-refractivity contribution in [2.75, 3.05) is 6.54 Å². The van der Waals surface area contributed by atoms with Crippen molar-refractivity contribution in [2.45, 2.75) is 64.8 Å². The van der Waals surface area contributed by atoms with E-state index in [2.05, 4.69) is 0 Å². The van der Waals surface area contributed by atoms with Crippen LogP contribution < -0.4 is 5.73 Å². The number of amides is 2. The highest BCUT2D eigenvalue weighted by atomic mass is 16.2. The van der Waals surface area contributed by atoms with Gasteiger partial charge in [-0.1, -0.05) is 26.7 Å². The third-order valence-corrected chi connectivity index (χ3v) is 4.82. The van der Waals surface area contributed by atoms with Crippen molar-refractivity contribution in [3.8, 4) is 0 Å². The van der Waals surface area contributed by atoms with Crippen molar-refractivity contribution in [1.29, 1.82) is 0 Å². The number of carbonyl (C=O) groups is 2. The van der Waals surface area contributed by atoms with E-state index in [0.29, 0.717) is 12.0 Å². The van der Waals surface area contributed by atoms with Gasteiger partial charge in [0.25, 0.3) is 0 Å². The lowest BCUT2D eigenvalue weighted by molar-refractivity contribution is -0.143. The van der Waals surface area contributed by atoms with Crippen LogP contribution in [0.1, 0.15) is 58.8 Å². The Bertz CT molecular complexity index is 363. The van der Waals surface area contributed by atoms with Gasteiger partial charge in [-0.3, -0.25) is 9.59 Å². The number of hydrogen-bond acceptors (Lipinski definition) is 2. The molecule has 1 heterocycles. The quantitative estimate of drug-likeness (QED) is 0.850. The maximum absolute atomic E-state index is 12.5. The Morgan fingerprint density at radius 2 is 1.79 bits per heavy atom. The van der Waals surface area contributed by atoms with Crippen molar-refractivity contribution >= 4 is 11.8 Å². The average molecular weight is 266 g/mol. The third kappa shape index (κ3) is 3.10. The van der Waals surface area contributed by atoms with E-state index in [9.17, 15) is 9.59 Å².